The van der Waals surface area contributed by atoms with E-state index in [2.05, 4.69) is 45.3 Å². The van der Waals surface area contributed by atoms with Gasteiger partial charge in [0, 0.05) is 43.5 Å². The van der Waals surface area contributed by atoms with Gasteiger partial charge in [0.25, 0.3) is 0 Å². The molecular formula is C22H37N5O2S. The second-order valence-corrected chi connectivity index (χ2v) is 8.96. The summed E-state index contributed by atoms with van der Waals surface area (Å²) >= 11 is 1.78. The maximum Gasteiger partial charge on any atom is 0.221 e. The fraction of sp³-hybridized carbons (Fsp3) is 0.727. The summed E-state index contributed by atoms with van der Waals surface area (Å²) in [4.78, 5) is 20.9. The van der Waals surface area contributed by atoms with Gasteiger partial charge in [0.2, 0.25) is 5.91 Å². The third-order valence-electron chi connectivity index (χ3n) is 5.74. The molecule has 1 amide bonds. The molecule has 0 bridgehead atoms. The van der Waals surface area contributed by atoms with E-state index in [1.807, 2.05) is 0 Å². The van der Waals surface area contributed by atoms with Gasteiger partial charge in [-0.05, 0) is 31.2 Å². The van der Waals surface area contributed by atoms with Gasteiger partial charge in [0.15, 0.2) is 5.96 Å². The first-order chi connectivity index (χ1) is 14.8. The van der Waals surface area contributed by atoms with E-state index in [-0.39, 0.29) is 11.9 Å². The van der Waals surface area contributed by atoms with Crippen molar-refractivity contribution in [1.82, 2.24) is 20.9 Å². The molecule has 8 heteroatoms. The summed E-state index contributed by atoms with van der Waals surface area (Å²) in [5.74, 6) is 0.910. The minimum Gasteiger partial charge on any atom is -0.379 e. The molecule has 1 saturated heterocycles. The molecule has 1 atom stereocenters. The number of rotatable bonds is 9. The number of carbonyl (C=O) groups excluding carboxylic acids is 1. The van der Waals surface area contributed by atoms with Gasteiger partial charge in [-0.3, -0.25) is 14.7 Å². The van der Waals surface area contributed by atoms with Gasteiger partial charge in [0.05, 0.1) is 25.8 Å². The van der Waals surface area contributed by atoms with Crippen LogP contribution in [-0.4, -0.2) is 68.7 Å². The molecule has 168 valence electrons. The Hall–Kier alpha value is -1.64. The molecule has 1 aliphatic heterocycles. The molecule has 1 aromatic heterocycles. The predicted molar refractivity (Wildman–Crippen MR) is 123 cm³/mol. The predicted octanol–water partition coefficient (Wildman–Crippen LogP) is 2.52. The van der Waals surface area contributed by atoms with E-state index >= 15 is 0 Å². The number of thiophene rings is 1. The molecule has 1 unspecified atom stereocenters. The minimum absolute atomic E-state index is 0.134. The van der Waals surface area contributed by atoms with Crippen molar-refractivity contribution in [3.8, 4) is 0 Å². The van der Waals surface area contributed by atoms with Crippen LogP contribution in [-0.2, 0) is 9.53 Å². The highest BCUT2D eigenvalue weighted by molar-refractivity contribution is 7.10. The number of guanidine groups is 1. The van der Waals surface area contributed by atoms with Crippen molar-refractivity contribution in [3.05, 3.63) is 22.4 Å². The molecular weight excluding hydrogens is 398 g/mol. The number of hydrogen-bond acceptors (Lipinski definition) is 5. The molecule has 30 heavy (non-hydrogen) atoms. The summed E-state index contributed by atoms with van der Waals surface area (Å²) in [6.07, 6.45) is 6.47. The van der Waals surface area contributed by atoms with Crippen LogP contribution in [0.2, 0.25) is 0 Å². The molecule has 2 aliphatic rings. The standard InChI is InChI=1S/C22H37N5O2S/c1-2-23-22(24-11-10-21(28)26-18-7-4-3-5-8-18)25-17-19(20-9-6-16-30-20)27-12-14-29-15-13-27/h6,9,16,18-19H,2-5,7-8,10-15,17H2,1H3,(H,26,28)(H2,23,24,25). The Morgan fingerprint density at radius 3 is 2.77 bits per heavy atom. The SMILES string of the molecule is CCNC(=NCC(c1cccs1)N1CCOCC1)NCCC(=O)NC1CCCCC1. The average Bonchev–Trinajstić information content (AvgIpc) is 3.30. The van der Waals surface area contributed by atoms with Gasteiger partial charge in [-0.2, -0.15) is 0 Å². The fourth-order valence-electron chi connectivity index (χ4n) is 4.12. The summed E-state index contributed by atoms with van der Waals surface area (Å²) < 4.78 is 5.52. The fourth-order valence-corrected chi connectivity index (χ4v) is 4.97. The number of morpholine rings is 1. The molecule has 2 heterocycles. The lowest BCUT2D eigenvalue weighted by Crippen LogP contribution is -2.42. The maximum atomic E-state index is 12.3. The Morgan fingerprint density at radius 1 is 1.27 bits per heavy atom. The Kier molecular flexibility index (Phi) is 9.92. The second kappa shape index (κ2) is 12.9. The molecule has 2 fully saturated rings. The Labute approximate surface area is 184 Å². The van der Waals surface area contributed by atoms with Crippen LogP contribution in [0.15, 0.2) is 22.5 Å². The van der Waals surface area contributed by atoms with Gasteiger partial charge in [0.1, 0.15) is 0 Å². The van der Waals surface area contributed by atoms with E-state index in [4.69, 9.17) is 9.73 Å². The van der Waals surface area contributed by atoms with Crippen molar-refractivity contribution < 1.29 is 9.53 Å². The van der Waals surface area contributed by atoms with E-state index in [9.17, 15) is 4.79 Å². The van der Waals surface area contributed by atoms with Crippen LogP contribution in [0.5, 0.6) is 0 Å². The molecule has 7 nitrogen and oxygen atoms in total. The van der Waals surface area contributed by atoms with Gasteiger partial charge < -0.3 is 20.7 Å². The number of hydrogen-bond donors (Lipinski definition) is 3. The third-order valence-corrected chi connectivity index (χ3v) is 6.71. The zero-order chi connectivity index (χ0) is 21.0. The molecule has 3 rings (SSSR count). The molecule has 0 aromatic carbocycles. The maximum absolute atomic E-state index is 12.3. The number of nitrogens with zero attached hydrogens (tertiary/aromatic N) is 2. The highest BCUT2D eigenvalue weighted by Crippen LogP contribution is 2.26. The van der Waals surface area contributed by atoms with Crippen LogP contribution in [0.4, 0.5) is 0 Å². The number of nitrogens with one attached hydrogen (secondary N) is 3. The van der Waals surface area contributed by atoms with Gasteiger partial charge in [-0.15, -0.1) is 11.3 Å². The number of aliphatic imine (C=N–C) groups is 1. The number of amides is 1. The first-order valence-electron chi connectivity index (χ1n) is 11.4. The van der Waals surface area contributed by atoms with E-state index in [0.717, 1.165) is 51.6 Å². The van der Waals surface area contributed by atoms with Crippen molar-refractivity contribution >= 4 is 23.2 Å². The first-order valence-corrected chi connectivity index (χ1v) is 12.3. The van der Waals surface area contributed by atoms with Crippen LogP contribution in [0.25, 0.3) is 0 Å². The summed E-state index contributed by atoms with van der Waals surface area (Å²) in [5.41, 5.74) is 0. The Morgan fingerprint density at radius 2 is 2.07 bits per heavy atom. The van der Waals surface area contributed by atoms with Crippen LogP contribution in [0, 0.1) is 0 Å². The summed E-state index contributed by atoms with van der Waals surface area (Å²) in [7, 11) is 0. The smallest absolute Gasteiger partial charge is 0.221 e. The normalized spacial score (nSPS) is 20.0. The van der Waals surface area contributed by atoms with Gasteiger partial charge >= 0.3 is 0 Å². The highest BCUT2D eigenvalue weighted by Gasteiger charge is 2.23. The summed E-state index contributed by atoms with van der Waals surface area (Å²) in [6.45, 7) is 7.55. The molecule has 1 aromatic rings. The van der Waals surface area contributed by atoms with Gasteiger partial charge in [-0.1, -0.05) is 25.3 Å². The van der Waals surface area contributed by atoms with E-state index in [0.29, 0.717) is 25.6 Å². The van der Waals surface area contributed by atoms with E-state index in [1.165, 1.54) is 24.1 Å². The zero-order valence-corrected chi connectivity index (χ0v) is 19.0. The molecule has 0 radical (unpaired) electrons. The lowest BCUT2D eigenvalue weighted by Gasteiger charge is -2.33. The summed E-state index contributed by atoms with van der Waals surface area (Å²) in [6, 6.07) is 4.93. The third kappa shape index (κ3) is 7.56. The quantitative estimate of drug-likeness (QED) is 0.410. The summed E-state index contributed by atoms with van der Waals surface area (Å²) in [5, 5.41) is 11.9. The molecule has 1 saturated carbocycles. The monoisotopic (exact) mass is 435 g/mol. The zero-order valence-electron chi connectivity index (χ0n) is 18.2. The van der Waals surface area contributed by atoms with Crippen LogP contribution >= 0.6 is 11.3 Å². The highest BCUT2D eigenvalue weighted by atomic mass is 32.1. The first kappa shape index (κ1) is 23.0. The van der Waals surface area contributed by atoms with Crippen molar-refractivity contribution in [1.29, 1.82) is 0 Å². The van der Waals surface area contributed by atoms with Crippen molar-refractivity contribution in [2.75, 3.05) is 45.9 Å². The van der Waals surface area contributed by atoms with E-state index < -0.39 is 0 Å². The minimum atomic E-state index is 0.134. The topological polar surface area (TPSA) is 78.0 Å². The van der Waals surface area contributed by atoms with Gasteiger partial charge in [-0.25, -0.2) is 0 Å². The van der Waals surface area contributed by atoms with Crippen molar-refractivity contribution in [3.63, 3.8) is 0 Å². The van der Waals surface area contributed by atoms with Crippen LogP contribution < -0.4 is 16.0 Å². The van der Waals surface area contributed by atoms with Crippen molar-refractivity contribution in [2.45, 2.75) is 57.5 Å². The van der Waals surface area contributed by atoms with E-state index in [1.54, 1.807) is 11.3 Å². The Balaban J connectivity index is 1.49. The average molecular weight is 436 g/mol. The Bertz CT molecular complexity index is 640. The van der Waals surface area contributed by atoms with Crippen molar-refractivity contribution in [2.24, 2.45) is 4.99 Å². The number of ether oxygens (including phenoxy) is 1. The number of carbonyl (C=O) groups is 1. The lowest BCUT2D eigenvalue weighted by atomic mass is 9.95. The lowest BCUT2D eigenvalue weighted by molar-refractivity contribution is -0.121. The molecule has 1 aliphatic carbocycles. The second-order valence-electron chi connectivity index (χ2n) is 7.98. The largest absolute Gasteiger partial charge is 0.379 e. The molecule has 0 spiro atoms. The van der Waals surface area contributed by atoms with Crippen LogP contribution in [0.3, 0.4) is 0 Å². The van der Waals surface area contributed by atoms with Crippen LogP contribution in [0.1, 0.15) is 56.4 Å². The molecule has 3 N–H and O–H groups in total.